The molecular formula is C81H158O17P2. The number of phosphoric ester groups is 2. The van der Waals surface area contributed by atoms with E-state index in [2.05, 4.69) is 41.5 Å². The number of carbonyl (C=O) groups excluding carboxylic acids is 4. The minimum Gasteiger partial charge on any atom is -0.462 e. The first-order chi connectivity index (χ1) is 48.4. The topological polar surface area (TPSA) is 237 Å². The molecule has 0 spiro atoms. The highest BCUT2D eigenvalue weighted by atomic mass is 31.2. The van der Waals surface area contributed by atoms with E-state index in [4.69, 9.17) is 37.0 Å². The van der Waals surface area contributed by atoms with Gasteiger partial charge in [-0.25, -0.2) is 9.13 Å². The zero-order chi connectivity index (χ0) is 73.5. The van der Waals surface area contributed by atoms with Gasteiger partial charge >= 0.3 is 39.5 Å². The fourth-order valence-electron chi connectivity index (χ4n) is 12.5. The quantitative estimate of drug-likeness (QED) is 0.0222. The summed E-state index contributed by atoms with van der Waals surface area (Å²) in [5, 5.41) is 10.6. The second-order valence-electron chi connectivity index (χ2n) is 29.6. The Kier molecular flexibility index (Phi) is 71.2. The van der Waals surface area contributed by atoms with Crippen LogP contribution in [0.15, 0.2) is 0 Å². The monoisotopic (exact) mass is 1470 g/mol. The summed E-state index contributed by atoms with van der Waals surface area (Å²) in [6.45, 7) is 9.63. The van der Waals surface area contributed by atoms with E-state index in [1.165, 1.54) is 244 Å². The summed E-state index contributed by atoms with van der Waals surface area (Å²) in [6, 6.07) is 0. The number of aliphatic hydroxyl groups is 1. The van der Waals surface area contributed by atoms with E-state index in [1.54, 1.807) is 0 Å². The van der Waals surface area contributed by atoms with Crippen molar-refractivity contribution in [1.29, 1.82) is 0 Å². The predicted molar refractivity (Wildman–Crippen MR) is 409 cm³/mol. The Morgan fingerprint density at radius 3 is 0.710 bits per heavy atom. The highest BCUT2D eigenvalue weighted by molar-refractivity contribution is 7.47. The van der Waals surface area contributed by atoms with Gasteiger partial charge in [-0.3, -0.25) is 37.3 Å². The van der Waals surface area contributed by atoms with Crippen LogP contribution in [0.2, 0.25) is 0 Å². The molecule has 0 saturated heterocycles. The normalized spacial score (nSPS) is 14.4. The van der Waals surface area contributed by atoms with Crippen LogP contribution in [0, 0.1) is 11.8 Å². The number of unbranched alkanes of at least 4 members (excludes halogenated alkanes) is 48. The minimum absolute atomic E-state index is 0.105. The Hall–Kier alpha value is -1.94. The number of rotatable bonds is 80. The highest BCUT2D eigenvalue weighted by Gasteiger charge is 2.30. The van der Waals surface area contributed by atoms with E-state index in [-0.39, 0.29) is 25.7 Å². The van der Waals surface area contributed by atoms with Gasteiger partial charge in [-0.2, -0.15) is 0 Å². The zero-order valence-electron chi connectivity index (χ0n) is 65.5. The average molecular weight is 1470 g/mol. The molecule has 17 nitrogen and oxygen atoms in total. The number of carbonyl (C=O) groups is 4. The van der Waals surface area contributed by atoms with Crippen molar-refractivity contribution in [3.8, 4) is 0 Å². The summed E-state index contributed by atoms with van der Waals surface area (Å²) < 4.78 is 68.7. The number of hydrogen-bond acceptors (Lipinski definition) is 15. The molecule has 0 fully saturated rings. The van der Waals surface area contributed by atoms with Crippen molar-refractivity contribution < 1.29 is 80.2 Å². The number of ether oxygens (including phenoxy) is 4. The van der Waals surface area contributed by atoms with Crippen molar-refractivity contribution in [3.05, 3.63) is 0 Å². The van der Waals surface area contributed by atoms with Gasteiger partial charge in [0.2, 0.25) is 0 Å². The Balaban J connectivity index is 5.25. The van der Waals surface area contributed by atoms with Gasteiger partial charge in [0.25, 0.3) is 0 Å². The standard InChI is InChI=1S/C81H158O17P2/c1-7-11-13-15-17-19-21-23-25-27-28-29-30-32-34-36-38-47-53-59-65-80(85)97-76(69-91-78(83)63-57-51-45-37-35-33-31-26-24-22-20-18-16-14-12-8-2)71-95-99(87,88)93-67-75(82)68-94-100(89,90)96-72-77(98-81(86)66-60-54-48-42-40-44-50-56-62-74(6)10-4)70-92-79(84)64-58-52-46-41-39-43-49-55-61-73(5)9-3/h73-77,82H,7-72H2,1-6H3,(H,87,88)(H,89,90)/t73?,74?,75-,76-,77-/m1/s1. The number of esters is 4. The van der Waals surface area contributed by atoms with Gasteiger partial charge in [0.1, 0.15) is 19.3 Å². The van der Waals surface area contributed by atoms with Crippen molar-refractivity contribution in [2.45, 2.75) is 445 Å². The van der Waals surface area contributed by atoms with Gasteiger partial charge in [-0.05, 0) is 37.5 Å². The van der Waals surface area contributed by atoms with E-state index < -0.39 is 97.5 Å². The van der Waals surface area contributed by atoms with Gasteiger partial charge in [-0.15, -0.1) is 0 Å². The third kappa shape index (κ3) is 71.7. The van der Waals surface area contributed by atoms with E-state index in [9.17, 15) is 43.2 Å². The Morgan fingerprint density at radius 2 is 0.480 bits per heavy atom. The van der Waals surface area contributed by atoms with Crippen LogP contribution in [0.5, 0.6) is 0 Å². The summed E-state index contributed by atoms with van der Waals surface area (Å²) in [4.78, 5) is 73.0. The maximum atomic E-state index is 13.1. The van der Waals surface area contributed by atoms with Crippen LogP contribution in [0.25, 0.3) is 0 Å². The molecule has 19 heteroatoms. The second kappa shape index (κ2) is 72.6. The molecule has 0 aromatic heterocycles. The van der Waals surface area contributed by atoms with Gasteiger partial charge in [-0.1, -0.05) is 375 Å². The lowest BCUT2D eigenvalue weighted by atomic mass is 9.99. The molecule has 100 heavy (non-hydrogen) atoms. The van der Waals surface area contributed by atoms with Crippen molar-refractivity contribution in [1.82, 2.24) is 0 Å². The van der Waals surface area contributed by atoms with Crippen LogP contribution in [-0.4, -0.2) is 96.7 Å². The first kappa shape index (κ1) is 98.1. The molecule has 0 radical (unpaired) electrons. The Morgan fingerprint density at radius 1 is 0.280 bits per heavy atom. The summed E-state index contributed by atoms with van der Waals surface area (Å²) in [5.74, 6) is -0.563. The molecule has 0 bridgehead atoms. The van der Waals surface area contributed by atoms with Crippen molar-refractivity contribution in [3.63, 3.8) is 0 Å². The van der Waals surface area contributed by atoms with Crippen molar-refractivity contribution >= 4 is 39.5 Å². The summed E-state index contributed by atoms with van der Waals surface area (Å²) in [7, 11) is -9.92. The lowest BCUT2D eigenvalue weighted by Gasteiger charge is -2.21. The number of aliphatic hydroxyl groups excluding tert-OH is 1. The summed E-state index contributed by atoms with van der Waals surface area (Å²) in [6.07, 6.45) is 62.4. The first-order valence-corrected chi connectivity index (χ1v) is 45.1. The zero-order valence-corrected chi connectivity index (χ0v) is 67.3. The van der Waals surface area contributed by atoms with Crippen molar-refractivity contribution in [2.24, 2.45) is 11.8 Å². The molecule has 0 saturated carbocycles. The van der Waals surface area contributed by atoms with Gasteiger partial charge in [0.05, 0.1) is 26.4 Å². The third-order valence-electron chi connectivity index (χ3n) is 19.7. The molecule has 0 aliphatic heterocycles. The van der Waals surface area contributed by atoms with Gasteiger partial charge < -0.3 is 33.8 Å². The van der Waals surface area contributed by atoms with Crippen LogP contribution < -0.4 is 0 Å². The van der Waals surface area contributed by atoms with E-state index in [0.717, 1.165) is 102 Å². The smallest absolute Gasteiger partial charge is 0.462 e. The molecule has 7 atom stereocenters. The van der Waals surface area contributed by atoms with E-state index in [0.29, 0.717) is 25.7 Å². The number of phosphoric acid groups is 2. The molecule has 0 rings (SSSR count). The molecule has 3 N–H and O–H groups in total. The third-order valence-corrected chi connectivity index (χ3v) is 21.6. The fraction of sp³-hybridized carbons (Fsp3) is 0.951. The molecule has 0 heterocycles. The SMILES string of the molecule is CCCCCCCCCCCCCCCCCCCCCCC(=O)O[C@H](COC(=O)CCCCCCCCCCCCCCCCCC)COP(=O)(O)OC[C@@H](O)COP(=O)(O)OC[C@@H](COC(=O)CCCCCCCCCCC(C)CC)OC(=O)CCCCCCCCCCC(C)CC. The first-order valence-electron chi connectivity index (χ1n) is 42.1. The second-order valence-corrected chi connectivity index (χ2v) is 32.6. The van der Waals surface area contributed by atoms with Crippen molar-refractivity contribution in [2.75, 3.05) is 39.6 Å². The van der Waals surface area contributed by atoms with Crippen LogP contribution in [-0.2, 0) is 65.4 Å². The Bertz CT molecular complexity index is 1930. The molecule has 0 aromatic rings. The maximum absolute atomic E-state index is 13.1. The number of hydrogen-bond donors (Lipinski definition) is 3. The molecule has 594 valence electrons. The maximum Gasteiger partial charge on any atom is 0.472 e. The fourth-order valence-corrected chi connectivity index (χ4v) is 14.1. The molecule has 4 unspecified atom stereocenters. The highest BCUT2D eigenvalue weighted by Crippen LogP contribution is 2.45. The minimum atomic E-state index is -4.96. The van der Waals surface area contributed by atoms with Crippen LogP contribution >= 0.6 is 15.6 Å². The van der Waals surface area contributed by atoms with Crippen LogP contribution in [0.3, 0.4) is 0 Å². The van der Waals surface area contributed by atoms with Gasteiger partial charge in [0.15, 0.2) is 12.2 Å². The van der Waals surface area contributed by atoms with Crippen LogP contribution in [0.1, 0.15) is 427 Å². The molecule has 0 aliphatic carbocycles. The summed E-state index contributed by atoms with van der Waals surface area (Å²) in [5.41, 5.74) is 0. The largest absolute Gasteiger partial charge is 0.472 e. The van der Waals surface area contributed by atoms with E-state index in [1.807, 2.05) is 0 Å². The molecule has 0 aliphatic rings. The van der Waals surface area contributed by atoms with Gasteiger partial charge in [0, 0.05) is 25.7 Å². The lowest BCUT2D eigenvalue weighted by Crippen LogP contribution is -2.30. The van der Waals surface area contributed by atoms with E-state index >= 15 is 0 Å². The predicted octanol–water partition coefficient (Wildman–Crippen LogP) is 24.3. The van der Waals surface area contributed by atoms with Crippen LogP contribution in [0.4, 0.5) is 0 Å². The lowest BCUT2D eigenvalue weighted by molar-refractivity contribution is -0.161. The molecular weight excluding hydrogens is 1310 g/mol. The molecule has 0 amide bonds. The molecule has 0 aromatic carbocycles. The summed E-state index contributed by atoms with van der Waals surface area (Å²) >= 11 is 0. The Labute approximate surface area is 613 Å². The average Bonchev–Trinajstić information content (AvgIpc) is 1.04.